The van der Waals surface area contributed by atoms with Gasteiger partial charge in [-0.15, -0.1) is 0 Å². The number of anilines is 5. The normalized spacial score (nSPS) is 15.1. The summed E-state index contributed by atoms with van der Waals surface area (Å²) in [5, 5.41) is 8.28. The first-order valence-corrected chi connectivity index (χ1v) is 48.3. The van der Waals surface area contributed by atoms with Crippen molar-refractivity contribution >= 4 is 124 Å². The van der Waals surface area contributed by atoms with Crippen molar-refractivity contribution < 1.29 is 4.42 Å². The van der Waals surface area contributed by atoms with Crippen molar-refractivity contribution in [3.8, 4) is 101 Å². The third-order valence-electron chi connectivity index (χ3n) is 29.2. The van der Waals surface area contributed by atoms with Crippen molar-refractivity contribution in [2.24, 2.45) is 5.41 Å². The Balaban J connectivity index is 0.000000108. The predicted octanol–water partition coefficient (Wildman–Crippen LogP) is 32.1. The summed E-state index contributed by atoms with van der Waals surface area (Å²) in [5.41, 5.74) is 37.5. The number of furan rings is 1. The highest BCUT2D eigenvalue weighted by atomic mass is 32.2. The lowest BCUT2D eigenvalue weighted by Gasteiger charge is -2.35. The second-order valence-corrected chi connectivity index (χ2v) is 40.8. The Labute approximate surface area is 804 Å². The monoisotopic (exact) mass is 1800 g/mol. The molecule has 0 bridgehead atoms. The van der Waals surface area contributed by atoms with Crippen molar-refractivity contribution in [2.45, 2.75) is 101 Å². The fourth-order valence-corrected chi connectivity index (χ4v) is 23.6. The third-order valence-corrected chi connectivity index (χ3v) is 30.5. The first-order chi connectivity index (χ1) is 67.2. The minimum atomic E-state index is -0.216. The molecule has 0 spiro atoms. The van der Waals surface area contributed by atoms with Gasteiger partial charge in [-0.1, -0.05) is 287 Å². The van der Waals surface area contributed by atoms with Gasteiger partial charge in [0.05, 0.1) is 45.7 Å². The summed E-state index contributed by atoms with van der Waals surface area (Å²) in [7, 11) is 0. The fourth-order valence-electron chi connectivity index (χ4n) is 22.3. The number of benzene rings is 12. The van der Waals surface area contributed by atoms with Crippen molar-refractivity contribution in [3.63, 3.8) is 0 Å². The van der Waals surface area contributed by atoms with Crippen molar-refractivity contribution in [2.75, 3.05) is 9.80 Å². The Morgan fingerprint density at radius 3 is 1.75 bits per heavy atom. The quantitative estimate of drug-likeness (QED) is 0.144. The molecule has 9 aromatic heterocycles. The number of pyridine rings is 4. The number of hydrogen-bond acceptors (Lipinski definition) is 11. The molecule has 13 nitrogen and oxygen atoms in total. The Morgan fingerprint density at radius 1 is 0.377 bits per heavy atom. The summed E-state index contributed by atoms with van der Waals surface area (Å²) < 4.78 is 12.5. The minimum absolute atomic E-state index is 0.00117. The van der Waals surface area contributed by atoms with E-state index in [4.69, 9.17) is 34.3 Å². The molecule has 21 aromatic rings. The molecule has 0 fully saturated rings. The molecule has 0 saturated carbocycles. The summed E-state index contributed by atoms with van der Waals surface area (Å²) in [6, 6.07) is 99.8. The molecule has 138 heavy (non-hydrogen) atoms. The van der Waals surface area contributed by atoms with Crippen LogP contribution in [0.15, 0.2) is 385 Å². The van der Waals surface area contributed by atoms with Gasteiger partial charge >= 0.3 is 0 Å². The smallest absolute Gasteiger partial charge is 0.164 e. The van der Waals surface area contributed by atoms with Crippen LogP contribution in [0.4, 0.5) is 28.4 Å². The van der Waals surface area contributed by atoms with E-state index in [-0.39, 0.29) is 21.7 Å². The molecule has 3 aliphatic heterocycles. The Bertz CT molecular complexity index is 8840. The summed E-state index contributed by atoms with van der Waals surface area (Å²) >= 11 is 1.95. The number of rotatable bonds is 8. The number of fused-ring (bicyclic) bond motifs is 29. The van der Waals surface area contributed by atoms with E-state index < -0.39 is 0 Å². The van der Waals surface area contributed by atoms with Crippen LogP contribution in [0.3, 0.4) is 0 Å². The molecule has 0 atom stereocenters. The fraction of sp³-hybridized carbons (Fsp3) is 0.121. The van der Waals surface area contributed by atoms with Crippen LogP contribution in [0.5, 0.6) is 0 Å². The SMILES string of the molecule is CC(C)c1cn2cc(N3c4ccc5c(c4-c4ccncc4-c4ccc6occc6c43)C(C)(C)C=C5)ccc2n1.CC1(C)C=CC2=C1N(c1ccc3ccccc3c1)c1ccc3c(ccn3-c3ccccn3)c1-c1cc3ccn(-c4ccccn4)c3cc12.CC1(C)C=Cc2c1ccc1c2Sc2c(ccc3c2C=CC3(C)C)-c2c-1ccc1cc(-c3nc(-c4ccccc4)nc(-c4ccccc4)n3)ccc21. The Morgan fingerprint density at radius 2 is 1.01 bits per heavy atom. The van der Waals surface area contributed by atoms with Gasteiger partial charge < -0.3 is 27.8 Å². The van der Waals surface area contributed by atoms with Crippen LogP contribution in [0.25, 0.3) is 185 Å². The van der Waals surface area contributed by atoms with Crippen LogP contribution < -0.4 is 9.80 Å². The lowest BCUT2D eigenvalue weighted by molar-refractivity contribution is 0.580. The van der Waals surface area contributed by atoms with Gasteiger partial charge in [0.1, 0.15) is 22.9 Å². The van der Waals surface area contributed by atoms with Gasteiger partial charge in [0.2, 0.25) is 0 Å². The van der Waals surface area contributed by atoms with E-state index in [2.05, 4.69) is 389 Å². The highest BCUT2D eigenvalue weighted by molar-refractivity contribution is 7.99. The average Bonchev–Trinajstić information content (AvgIpc) is 1.55. The molecule has 662 valence electrons. The maximum absolute atomic E-state index is 5.92. The van der Waals surface area contributed by atoms with Crippen LogP contribution in [0.1, 0.15) is 120 Å². The zero-order valence-corrected chi connectivity index (χ0v) is 78.9. The molecule has 28 rings (SSSR count). The molecule has 12 aromatic carbocycles. The molecular formula is C124H94N12OS. The molecule has 0 amide bonds. The van der Waals surface area contributed by atoms with Crippen LogP contribution in [0.2, 0.25) is 0 Å². The van der Waals surface area contributed by atoms with Crippen molar-refractivity contribution in [3.05, 3.63) is 416 Å². The van der Waals surface area contributed by atoms with E-state index in [0.29, 0.717) is 23.4 Å². The number of hydrogen-bond donors (Lipinski definition) is 0. The van der Waals surface area contributed by atoms with Crippen LogP contribution in [0, 0.1) is 5.41 Å². The molecule has 4 aliphatic carbocycles. The maximum Gasteiger partial charge on any atom is 0.164 e. The first kappa shape index (κ1) is 82.3. The first-order valence-electron chi connectivity index (χ1n) is 47.5. The molecule has 12 heterocycles. The Hall–Kier alpha value is -16.4. The van der Waals surface area contributed by atoms with E-state index in [1.807, 2.05) is 97.2 Å². The topological polar surface area (TPSA) is 124 Å². The molecule has 7 aliphatic rings. The molecule has 0 unspecified atom stereocenters. The van der Waals surface area contributed by atoms with E-state index in [1.165, 1.54) is 137 Å². The highest BCUT2D eigenvalue weighted by Crippen LogP contribution is 2.62. The van der Waals surface area contributed by atoms with Gasteiger partial charge in [-0.3, -0.25) is 4.98 Å². The summed E-state index contributed by atoms with van der Waals surface area (Å²) in [6.07, 6.45) is 36.8. The molecule has 0 N–H and O–H groups in total. The summed E-state index contributed by atoms with van der Waals surface area (Å²) in [5.74, 6) is 4.16. The van der Waals surface area contributed by atoms with Gasteiger partial charge in [-0.25, -0.2) is 29.9 Å². The number of allylic oxidation sites excluding steroid dienone is 6. The van der Waals surface area contributed by atoms with Crippen molar-refractivity contribution in [1.82, 2.24) is 48.4 Å². The highest BCUT2D eigenvalue weighted by Gasteiger charge is 2.42. The van der Waals surface area contributed by atoms with Crippen LogP contribution in [-0.2, 0) is 16.2 Å². The summed E-state index contributed by atoms with van der Waals surface area (Å²) in [6.45, 7) is 22.9. The number of imidazole rings is 1. The Kier molecular flexibility index (Phi) is 18.5. The number of aromatic nitrogens is 10. The van der Waals surface area contributed by atoms with Gasteiger partial charge in [0.15, 0.2) is 17.5 Å². The third kappa shape index (κ3) is 13.1. The standard InChI is InChI=1S/C47H35N3S.C43H31N5.C34H28N4O/c1-46(2)25-23-35-38(46)21-19-34-33-18-15-30-27-31(45-49-43(28-11-7-5-8-12-28)48-44(50-45)29-13-9-6-10-14-29)16-17-32(30)40(33)37-20-22-39-36(24-26-47(39,3)4)42(37)51-41(34)35;1-43(2)20-17-32-34-27-38-30(18-23-47(38)40-12-6-8-22-45-40)26-35(34)41-33-19-24-46(39-11-5-7-21-44-39)36(33)15-16-37(41)48(42(32)43)31-14-13-28-9-3-4-10-29(28)25-31;1-20(2)27-19-37-18-22(6-10-30(37)36-27)38-28-8-5-21-11-14-34(3,4)32(21)31(28)23-12-15-35-17-26(23)24-7-9-29-25(33(24)38)13-16-39-29/h5-27H,1-4H3;3-27H,1-2H3;5-20H,1-4H3. The van der Waals surface area contributed by atoms with Crippen LogP contribution >= 0.6 is 11.8 Å². The van der Waals surface area contributed by atoms with Crippen LogP contribution in [-0.4, -0.2) is 48.4 Å². The zero-order valence-electron chi connectivity index (χ0n) is 78.1. The van der Waals surface area contributed by atoms with E-state index in [0.717, 1.165) is 101 Å². The molecule has 14 heteroatoms. The predicted molar refractivity (Wildman–Crippen MR) is 568 cm³/mol. The lowest BCUT2D eigenvalue weighted by atomic mass is 9.80. The summed E-state index contributed by atoms with van der Waals surface area (Å²) in [4.78, 5) is 41.5. The largest absolute Gasteiger partial charge is 0.464 e. The van der Waals surface area contributed by atoms with Gasteiger partial charge in [0, 0.05) is 153 Å². The second-order valence-electron chi connectivity index (χ2n) is 39.8. The van der Waals surface area contributed by atoms with E-state index in [1.54, 1.807) is 6.26 Å². The van der Waals surface area contributed by atoms with Gasteiger partial charge in [-0.05, 0) is 221 Å². The van der Waals surface area contributed by atoms with Crippen molar-refractivity contribution in [1.29, 1.82) is 0 Å². The molecular weight excluding hydrogens is 1710 g/mol. The minimum Gasteiger partial charge on any atom is -0.464 e. The molecule has 0 saturated heterocycles. The zero-order chi connectivity index (χ0) is 92.9. The average molecular weight is 1800 g/mol. The molecule has 0 radical (unpaired) electrons. The number of nitrogens with zero attached hydrogens (tertiary/aromatic N) is 12. The second kappa shape index (κ2) is 31.1. The van der Waals surface area contributed by atoms with Gasteiger partial charge in [0.25, 0.3) is 0 Å². The van der Waals surface area contributed by atoms with E-state index in [9.17, 15) is 0 Å². The lowest BCUT2D eigenvalue weighted by Crippen LogP contribution is -2.26. The maximum atomic E-state index is 5.92. The van der Waals surface area contributed by atoms with Gasteiger partial charge in [-0.2, -0.15) is 0 Å². The van der Waals surface area contributed by atoms with E-state index >= 15 is 0 Å².